The number of carbonyl (C=O) groups excluding carboxylic acids is 5. The Morgan fingerprint density at radius 1 is 0.975 bits per heavy atom. The highest BCUT2D eigenvalue weighted by atomic mass is 35.5. The van der Waals surface area contributed by atoms with Crippen molar-refractivity contribution in [3.63, 3.8) is 0 Å². The average Bonchev–Trinajstić information content (AvgIpc) is 3.25. The molecular formula is C29H23Cl3N2O6. The zero-order valence-electron chi connectivity index (χ0n) is 21.4. The summed E-state index contributed by atoms with van der Waals surface area (Å²) in [7, 11) is 1.30. The summed E-state index contributed by atoms with van der Waals surface area (Å²) in [6.07, 6.45) is 1.80. The summed E-state index contributed by atoms with van der Waals surface area (Å²) in [6.45, 7) is 1.42. The van der Waals surface area contributed by atoms with E-state index in [9.17, 15) is 29.1 Å². The Kier molecular flexibility index (Phi) is 6.01. The lowest BCUT2D eigenvalue weighted by Gasteiger charge is -2.50. The summed E-state index contributed by atoms with van der Waals surface area (Å²) >= 11 is 20.5. The van der Waals surface area contributed by atoms with Gasteiger partial charge >= 0.3 is 0 Å². The summed E-state index contributed by atoms with van der Waals surface area (Å²) in [5.74, 6) is -6.09. The minimum absolute atomic E-state index is 0.150. The van der Waals surface area contributed by atoms with Crippen molar-refractivity contribution in [2.45, 2.75) is 35.4 Å². The summed E-state index contributed by atoms with van der Waals surface area (Å²) < 4.78 is 0. The lowest BCUT2D eigenvalue weighted by molar-refractivity contribution is -0.138. The van der Waals surface area contributed by atoms with Gasteiger partial charge in [0.2, 0.25) is 11.8 Å². The molecular weight excluding hydrogens is 579 g/mol. The van der Waals surface area contributed by atoms with Gasteiger partial charge in [-0.2, -0.15) is 0 Å². The second kappa shape index (κ2) is 8.90. The van der Waals surface area contributed by atoms with Crippen LogP contribution >= 0.6 is 34.8 Å². The zero-order chi connectivity index (χ0) is 28.9. The largest absolute Gasteiger partial charge is 0.508 e. The molecule has 2 aliphatic heterocycles. The normalized spacial score (nSPS) is 33.1. The fraction of sp³-hybridized carbons (Fsp3) is 0.345. The van der Waals surface area contributed by atoms with Crippen molar-refractivity contribution < 1.29 is 29.1 Å². The smallest absolute Gasteiger partial charge is 0.253 e. The van der Waals surface area contributed by atoms with Gasteiger partial charge in [0.25, 0.3) is 11.8 Å². The second-order valence-electron chi connectivity index (χ2n) is 10.8. The molecule has 40 heavy (non-hydrogen) atoms. The molecule has 0 bridgehead atoms. The first-order valence-corrected chi connectivity index (χ1v) is 13.8. The number of amides is 4. The van der Waals surface area contributed by atoms with Crippen LogP contribution in [0.4, 0.5) is 5.69 Å². The number of anilines is 1. The summed E-state index contributed by atoms with van der Waals surface area (Å²) in [5.41, 5.74) is 1.52. The number of phenolic OH excluding ortho intramolecular Hbond substituents is 1. The van der Waals surface area contributed by atoms with Crippen LogP contribution in [0.3, 0.4) is 0 Å². The van der Waals surface area contributed by atoms with E-state index < -0.39 is 57.0 Å². The molecule has 0 unspecified atom stereocenters. The number of likely N-dealkylation sites (tertiary alicyclic amines) is 1. The van der Waals surface area contributed by atoms with Gasteiger partial charge in [-0.25, -0.2) is 0 Å². The molecule has 2 saturated heterocycles. The first kappa shape index (κ1) is 27.0. The van der Waals surface area contributed by atoms with Gasteiger partial charge < -0.3 is 5.11 Å². The second-order valence-corrected chi connectivity index (χ2v) is 12.5. The number of phenols is 1. The first-order valence-electron chi connectivity index (χ1n) is 12.7. The van der Waals surface area contributed by atoms with Gasteiger partial charge in [-0.3, -0.25) is 33.8 Å². The maximum Gasteiger partial charge on any atom is 0.253 e. The number of Topliss-reactive ketones (excluding diaryl/α,β-unsaturated/α-hetero) is 1. The Labute approximate surface area is 244 Å². The van der Waals surface area contributed by atoms with Crippen molar-refractivity contribution in [2.24, 2.45) is 17.8 Å². The molecule has 6 rings (SSSR count). The van der Waals surface area contributed by atoms with Crippen molar-refractivity contribution in [1.82, 2.24) is 4.90 Å². The molecule has 2 aromatic carbocycles. The van der Waals surface area contributed by atoms with Crippen LogP contribution in [0.15, 0.2) is 54.1 Å². The molecule has 2 aromatic rings. The number of hydrogen-bond acceptors (Lipinski definition) is 6. The van der Waals surface area contributed by atoms with Gasteiger partial charge in [-0.15, -0.1) is 23.2 Å². The van der Waals surface area contributed by atoms with Gasteiger partial charge in [-0.05, 0) is 68.1 Å². The highest BCUT2D eigenvalue weighted by Gasteiger charge is 2.76. The van der Waals surface area contributed by atoms with E-state index in [-0.39, 0.29) is 35.0 Å². The molecule has 11 heteroatoms. The van der Waals surface area contributed by atoms with E-state index in [2.05, 4.69) is 0 Å². The van der Waals surface area contributed by atoms with Crippen LogP contribution in [-0.2, 0) is 19.2 Å². The Morgan fingerprint density at radius 3 is 2.30 bits per heavy atom. The topological polar surface area (TPSA) is 112 Å². The minimum Gasteiger partial charge on any atom is -0.508 e. The van der Waals surface area contributed by atoms with E-state index in [0.717, 1.165) is 9.80 Å². The first-order chi connectivity index (χ1) is 18.8. The van der Waals surface area contributed by atoms with Gasteiger partial charge in [0, 0.05) is 29.1 Å². The Morgan fingerprint density at radius 2 is 1.65 bits per heavy atom. The van der Waals surface area contributed by atoms with Crippen LogP contribution in [0.25, 0.3) is 0 Å². The Balaban J connectivity index is 1.50. The molecule has 0 spiro atoms. The number of allylic oxidation sites excluding steroid dienone is 2. The van der Waals surface area contributed by atoms with E-state index in [1.165, 1.54) is 32.2 Å². The lowest BCUT2D eigenvalue weighted by atomic mass is 9.56. The predicted octanol–water partition coefficient (Wildman–Crippen LogP) is 4.44. The number of carbonyl (C=O) groups is 5. The zero-order valence-corrected chi connectivity index (χ0v) is 23.6. The molecule has 3 fully saturated rings. The molecule has 4 aliphatic rings. The summed E-state index contributed by atoms with van der Waals surface area (Å²) in [4.78, 5) is 64.4. The number of nitrogens with zero attached hydrogens (tertiary/aromatic N) is 2. The van der Waals surface area contributed by atoms with Gasteiger partial charge in [0.15, 0.2) is 15.5 Å². The number of benzene rings is 2. The van der Waals surface area contributed by atoms with E-state index in [0.29, 0.717) is 16.8 Å². The molecule has 8 nitrogen and oxygen atoms in total. The molecule has 4 amide bonds. The minimum atomic E-state index is -2.01. The van der Waals surface area contributed by atoms with Crippen LogP contribution in [-0.4, -0.2) is 56.2 Å². The number of aromatic hydroxyl groups is 1. The summed E-state index contributed by atoms with van der Waals surface area (Å²) in [5, 5.41) is 11.2. The van der Waals surface area contributed by atoms with Crippen LogP contribution in [0.5, 0.6) is 5.75 Å². The Bertz CT molecular complexity index is 1570. The molecule has 2 heterocycles. The van der Waals surface area contributed by atoms with Gasteiger partial charge in [0.05, 0.1) is 17.5 Å². The molecule has 2 aliphatic carbocycles. The Hall–Kier alpha value is -3.20. The van der Waals surface area contributed by atoms with Gasteiger partial charge in [0.1, 0.15) is 5.75 Å². The van der Waals surface area contributed by atoms with E-state index >= 15 is 0 Å². The molecule has 206 valence electrons. The van der Waals surface area contributed by atoms with E-state index in [4.69, 9.17) is 34.8 Å². The third-order valence-corrected chi connectivity index (χ3v) is 10.5. The average molecular weight is 602 g/mol. The van der Waals surface area contributed by atoms with Crippen LogP contribution in [0.1, 0.15) is 41.6 Å². The predicted molar refractivity (Wildman–Crippen MR) is 148 cm³/mol. The SMILES string of the molecule is CC(=O)c1ccc(N2C(=O)[C@H]3[C@H](CC=C4[C@H]3C[C@@]3(Cl)C(=O)N(C)C(=O)[C@@]3(Cl)[C@H]4c3cc(Cl)ccc3O)C2=O)cc1. The van der Waals surface area contributed by atoms with Crippen LogP contribution in [0.2, 0.25) is 5.02 Å². The highest BCUT2D eigenvalue weighted by molar-refractivity contribution is 6.53. The highest BCUT2D eigenvalue weighted by Crippen LogP contribution is 2.66. The number of imide groups is 2. The van der Waals surface area contributed by atoms with E-state index in [1.807, 2.05) is 0 Å². The van der Waals surface area contributed by atoms with Crippen molar-refractivity contribution in [1.29, 1.82) is 0 Å². The maximum atomic E-state index is 14.0. The molecule has 6 atom stereocenters. The van der Waals surface area contributed by atoms with Crippen molar-refractivity contribution in [2.75, 3.05) is 11.9 Å². The summed E-state index contributed by atoms with van der Waals surface area (Å²) in [6, 6.07) is 10.5. The number of halogens is 3. The number of ketones is 1. The number of rotatable bonds is 3. The number of fused-ring (bicyclic) bond motifs is 4. The molecule has 0 aromatic heterocycles. The number of hydrogen-bond donors (Lipinski definition) is 1. The van der Waals surface area contributed by atoms with Crippen molar-refractivity contribution in [3.05, 3.63) is 70.3 Å². The number of alkyl halides is 2. The molecule has 1 N–H and O–H groups in total. The van der Waals surface area contributed by atoms with Crippen molar-refractivity contribution >= 4 is 69.9 Å². The van der Waals surface area contributed by atoms with E-state index in [1.54, 1.807) is 30.3 Å². The molecule has 0 radical (unpaired) electrons. The maximum absolute atomic E-state index is 14.0. The fourth-order valence-electron chi connectivity index (χ4n) is 6.95. The standard InChI is InChI=1S/C29H23Cl3N2O6/c1-13(35)14-3-6-16(7-4-14)34-24(37)18-9-8-17-20(22(18)25(34)38)12-28(31)26(39)33(2)27(40)29(28,32)23(17)19-11-15(30)5-10-21(19)36/h3-8,10-11,18,20,22-23,36H,9,12H2,1-2H3/t18-,20+,22-,23+,28+,29-/m0/s1. The monoisotopic (exact) mass is 600 g/mol. The quantitative estimate of drug-likeness (QED) is 0.241. The lowest BCUT2D eigenvalue weighted by Crippen LogP contribution is -2.60. The van der Waals surface area contributed by atoms with Gasteiger partial charge in [-0.1, -0.05) is 23.3 Å². The van der Waals surface area contributed by atoms with Crippen LogP contribution in [0, 0.1) is 17.8 Å². The van der Waals surface area contributed by atoms with Crippen molar-refractivity contribution in [3.8, 4) is 5.75 Å². The molecule has 1 saturated carbocycles. The van der Waals surface area contributed by atoms with Crippen LogP contribution < -0.4 is 4.90 Å². The third kappa shape index (κ3) is 3.36. The third-order valence-electron chi connectivity index (χ3n) is 8.85. The fourth-order valence-corrected chi connectivity index (χ4v) is 8.14.